The number of aromatic nitrogens is 2. The zero-order valence-corrected chi connectivity index (χ0v) is 15.5. The molecule has 0 aliphatic carbocycles. The number of carbonyl (C=O) groups excluding carboxylic acids is 1. The van der Waals surface area contributed by atoms with Crippen molar-refractivity contribution in [3.05, 3.63) is 55.8 Å². The van der Waals surface area contributed by atoms with E-state index in [0.717, 1.165) is 4.57 Å². The summed E-state index contributed by atoms with van der Waals surface area (Å²) in [5.41, 5.74) is -1.88. The molecule has 0 atom stereocenters. The fourth-order valence-corrected chi connectivity index (χ4v) is 2.32. The molecule has 0 spiro atoms. The fourth-order valence-electron chi connectivity index (χ4n) is 2.20. The van der Waals surface area contributed by atoms with Gasteiger partial charge in [0.15, 0.2) is 5.60 Å². The Balaban J connectivity index is 2.31. The Kier molecular flexibility index (Phi) is 5.08. The molecule has 7 nitrogen and oxygen atoms in total. The molecule has 1 heterocycles. The van der Waals surface area contributed by atoms with E-state index in [1.54, 1.807) is 45.0 Å². The number of benzene rings is 1. The zero-order valence-electron chi connectivity index (χ0n) is 14.7. The first-order chi connectivity index (χ1) is 11.5. The first-order valence-corrected chi connectivity index (χ1v) is 7.95. The first-order valence-electron chi connectivity index (χ1n) is 7.57. The second kappa shape index (κ2) is 6.76. The van der Waals surface area contributed by atoms with Crippen LogP contribution in [0.25, 0.3) is 0 Å². The van der Waals surface area contributed by atoms with Crippen LogP contribution in [-0.2, 0) is 18.9 Å². The summed E-state index contributed by atoms with van der Waals surface area (Å²) in [6, 6.07) is 6.59. The van der Waals surface area contributed by atoms with Crippen LogP contribution in [0.5, 0.6) is 5.75 Å². The molecule has 1 N–H and O–H groups in total. The van der Waals surface area contributed by atoms with Crippen LogP contribution >= 0.6 is 11.6 Å². The molecule has 2 rings (SSSR count). The van der Waals surface area contributed by atoms with E-state index >= 15 is 0 Å². The lowest BCUT2D eigenvalue weighted by Crippen LogP contribution is -2.46. The largest absolute Gasteiger partial charge is 0.478 e. The molecule has 0 aliphatic rings. The number of nitrogens with zero attached hydrogens (tertiary/aromatic N) is 2. The number of rotatable bonds is 4. The van der Waals surface area contributed by atoms with E-state index < -0.39 is 22.8 Å². The minimum atomic E-state index is -1.25. The highest BCUT2D eigenvalue weighted by atomic mass is 35.5. The Bertz CT molecular complexity index is 927. The number of hydrogen-bond acceptors (Lipinski definition) is 4. The van der Waals surface area contributed by atoms with Gasteiger partial charge in [-0.15, -0.1) is 0 Å². The van der Waals surface area contributed by atoms with Crippen molar-refractivity contribution in [2.45, 2.75) is 26.4 Å². The fraction of sp³-hybridized carbons (Fsp3) is 0.353. The van der Waals surface area contributed by atoms with Crippen molar-refractivity contribution in [3.63, 3.8) is 0 Å². The smallest absolute Gasteiger partial charge is 0.330 e. The van der Waals surface area contributed by atoms with Gasteiger partial charge in [-0.2, -0.15) is 0 Å². The normalized spacial score (nSPS) is 11.3. The third-order valence-corrected chi connectivity index (χ3v) is 4.18. The number of carbonyl (C=O) groups is 1. The topological polar surface area (TPSA) is 82.3 Å². The zero-order chi connectivity index (χ0) is 18.9. The van der Waals surface area contributed by atoms with Crippen LogP contribution in [-0.4, -0.2) is 20.6 Å². The van der Waals surface area contributed by atoms with Gasteiger partial charge in [-0.05, 0) is 45.0 Å². The lowest BCUT2D eigenvalue weighted by atomic mass is 10.1. The third kappa shape index (κ3) is 3.76. The quantitative estimate of drug-likeness (QED) is 0.896. The van der Waals surface area contributed by atoms with Crippen LogP contribution in [0.3, 0.4) is 0 Å². The predicted molar refractivity (Wildman–Crippen MR) is 96.4 cm³/mol. The molecule has 1 aromatic carbocycles. The molecular weight excluding hydrogens is 346 g/mol. The summed E-state index contributed by atoms with van der Waals surface area (Å²) in [6.07, 6.45) is 0. The number of amides is 1. The van der Waals surface area contributed by atoms with Crippen LogP contribution in [0.15, 0.2) is 33.9 Å². The molecule has 1 amide bonds. The minimum Gasteiger partial charge on any atom is -0.478 e. The number of anilines is 1. The maximum atomic E-state index is 12.6. The average molecular weight is 366 g/mol. The molecule has 0 radical (unpaired) electrons. The summed E-state index contributed by atoms with van der Waals surface area (Å²) in [6.45, 7) is 4.75. The van der Waals surface area contributed by atoms with Gasteiger partial charge in [-0.3, -0.25) is 18.7 Å². The first kappa shape index (κ1) is 18.8. The van der Waals surface area contributed by atoms with E-state index in [-0.39, 0.29) is 5.69 Å². The lowest BCUT2D eigenvalue weighted by molar-refractivity contribution is -0.128. The van der Waals surface area contributed by atoms with Crippen LogP contribution in [0, 0.1) is 6.92 Å². The van der Waals surface area contributed by atoms with E-state index in [2.05, 4.69) is 5.32 Å². The van der Waals surface area contributed by atoms with Gasteiger partial charge in [-0.1, -0.05) is 11.6 Å². The molecule has 0 bridgehead atoms. The van der Waals surface area contributed by atoms with Gasteiger partial charge in [0, 0.05) is 24.8 Å². The highest BCUT2D eigenvalue weighted by Crippen LogP contribution is 2.22. The minimum absolute atomic E-state index is 0.0439. The summed E-state index contributed by atoms with van der Waals surface area (Å²) < 4.78 is 7.94. The van der Waals surface area contributed by atoms with Crippen molar-refractivity contribution in [3.8, 4) is 5.75 Å². The van der Waals surface area contributed by atoms with E-state index in [1.165, 1.54) is 18.7 Å². The van der Waals surface area contributed by atoms with Crippen molar-refractivity contribution in [2.75, 3.05) is 5.32 Å². The summed E-state index contributed by atoms with van der Waals surface area (Å²) in [7, 11) is 2.89. The van der Waals surface area contributed by atoms with Gasteiger partial charge in [0.05, 0.1) is 0 Å². The molecule has 0 unspecified atom stereocenters. The summed E-state index contributed by atoms with van der Waals surface area (Å²) >= 11 is 5.83. The highest BCUT2D eigenvalue weighted by Gasteiger charge is 2.31. The van der Waals surface area contributed by atoms with Gasteiger partial charge < -0.3 is 10.1 Å². The number of halogens is 1. The Morgan fingerprint density at radius 3 is 2.24 bits per heavy atom. The molecular formula is C17H20ClN3O4. The van der Waals surface area contributed by atoms with E-state index in [4.69, 9.17) is 16.3 Å². The van der Waals surface area contributed by atoms with Gasteiger partial charge in [0.25, 0.3) is 11.5 Å². The van der Waals surface area contributed by atoms with Crippen molar-refractivity contribution in [1.29, 1.82) is 0 Å². The summed E-state index contributed by atoms with van der Waals surface area (Å²) in [5, 5.41) is 3.13. The highest BCUT2D eigenvalue weighted by molar-refractivity contribution is 6.30. The second-order valence-electron chi connectivity index (χ2n) is 6.19. The third-order valence-electron chi connectivity index (χ3n) is 3.93. The Hall–Kier alpha value is -2.54. The van der Waals surface area contributed by atoms with Crippen molar-refractivity contribution < 1.29 is 9.53 Å². The van der Waals surface area contributed by atoms with E-state index in [9.17, 15) is 14.4 Å². The lowest BCUT2D eigenvalue weighted by Gasteiger charge is -2.25. The van der Waals surface area contributed by atoms with Crippen molar-refractivity contribution in [2.24, 2.45) is 14.1 Å². The van der Waals surface area contributed by atoms with Crippen LogP contribution in [0.4, 0.5) is 5.69 Å². The molecule has 0 saturated carbocycles. The van der Waals surface area contributed by atoms with Gasteiger partial charge in [-0.25, -0.2) is 4.79 Å². The number of nitrogens with one attached hydrogen (secondary N) is 1. The average Bonchev–Trinajstić information content (AvgIpc) is 2.56. The van der Waals surface area contributed by atoms with Gasteiger partial charge in [0.1, 0.15) is 11.4 Å². The molecule has 0 aliphatic heterocycles. The molecule has 2 aromatic rings. The van der Waals surface area contributed by atoms with Crippen LogP contribution in [0.2, 0.25) is 5.02 Å². The van der Waals surface area contributed by atoms with Gasteiger partial charge >= 0.3 is 5.69 Å². The molecule has 8 heteroatoms. The predicted octanol–water partition coefficient (Wildman–Crippen LogP) is 1.84. The molecule has 0 saturated heterocycles. The number of hydrogen-bond donors (Lipinski definition) is 1. The Labute approximate surface area is 149 Å². The molecule has 0 fully saturated rings. The SMILES string of the molecule is Cc1c(NC(=O)C(C)(C)Oc2ccc(Cl)cc2)c(=O)n(C)c(=O)n1C. The van der Waals surface area contributed by atoms with E-state index in [0.29, 0.717) is 16.5 Å². The standard InChI is InChI=1S/C17H20ClN3O4/c1-10-13(14(22)21(5)16(24)20(10)4)19-15(23)17(2,3)25-12-8-6-11(18)7-9-12/h6-9H,1-5H3,(H,19,23). The molecule has 25 heavy (non-hydrogen) atoms. The maximum absolute atomic E-state index is 12.6. The van der Waals surface area contributed by atoms with Crippen molar-refractivity contribution in [1.82, 2.24) is 9.13 Å². The second-order valence-corrected chi connectivity index (χ2v) is 6.62. The van der Waals surface area contributed by atoms with Crippen molar-refractivity contribution >= 4 is 23.2 Å². The monoisotopic (exact) mass is 365 g/mol. The molecule has 134 valence electrons. The van der Waals surface area contributed by atoms with Crippen LogP contribution < -0.4 is 21.3 Å². The Morgan fingerprint density at radius 1 is 1.12 bits per heavy atom. The maximum Gasteiger partial charge on any atom is 0.330 e. The summed E-state index contributed by atoms with van der Waals surface area (Å²) in [5.74, 6) is -0.0454. The van der Waals surface area contributed by atoms with Gasteiger partial charge in [0.2, 0.25) is 0 Å². The summed E-state index contributed by atoms with van der Waals surface area (Å²) in [4.78, 5) is 36.8. The number of ether oxygens (including phenoxy) is 1. The van der Waals surface area contributed by atoms with E-state index in [1.807, 2.05) is 0 Å². The van der Waals surface area contributed by atoms with Crippen LogP contribution in [0.1, 0.15) is 19.5 Å². The molecule has 1 aromatic heterocycles. The Morgan fingerprint density at radius 2 is 1.68 bits per heavy atom.